The van der Waals surface area contributed by atoms with Gasteiger partial charge >= 0.3 is 11.9 Å². The van der Waals surface area contributed by atoms with Gasteiger partial charge in [0.1, 0.15) is 6.61 Å². The third-order valence-corrected chi connectivity index (χ3v) is 3.96. The predicted molar refractivity (Wildman–Crippen MR) is 97.6 cm³/mol. The Labute approximate surface area is 155 Å². The molecule has 0 atom stereocenters. The van der Waals surface area contributed by atoms with E-state index in [1.165, 1.54) is 9.13 Å². The summed E-state index contributed by atoms with van der Waals surface area (Å²) in [5.41, 5.74) is 1.21. The van der Waals surface area contributed by atoms with Gasteiger partial charge in [0.05, 0.1) is 6.54 Å². The molecular weight excluding hydrogens is 425 g/mol. The molecule has 1 aromatic carbocycles. The highest BCUT2D eigenvalue weighted by molar-refractivity contribution is 14.1. The van der Waals surface area contributed by atoms with Crippen molar-refractivity contribution in [2.45, 2.75) is 38.5 Å². The molecule has 0 aliphatic heterocycles. The number of benzene rings is 1. The third-order valence-electron chi connectivity index (χ3n) is 3.24. The Bertz CT molecular complexity index is 544. The zero-order chi connectivity index (χ0) is 17.8. The minimum atomic E-state index is -0.930. The van der Waals surface area contributed by atoms with Crippen LogP contribution in [0.15, 0.2) is 24.3 Å². The van der Waals surface area contributed by atoms with E-state index in [0.29, 0.717) is 6.42 Å². The number of esters is 1. The van der Waals surface area contributed by atoms with Crippen molar-refractivity contribution in [3.63, 3.8) is 0 Å². The Morgan fingerprint density at radius 3 is 2.42 bits per heavy atom. The van der Waals surface area contributed by atoms with E-state index < -0.39 is 11.9 Å². The van der Waals surface area contributed by atoms with Gasteiger partial charge in [0.2, 0.25) is 5.91 Å². The number of hydrogen-bond donors (Lipinski definition) is 2. The van der Waals surface area contributed by atoms with Gasteiger partial charge in [-0.05, 0) is 59.5 Å². The molecule has 0 saturated heterocycles. The van der Waals surface area contributed by atoms with E-state index in [0.717, 1.165) is 12.8 Å². The molecule has 0 spiro atoms. The van der Waals surface area contributed by atoms with Crippen molar-refractivity contribution >= 4 is 40.4 Å². The van der Waals surface area contributed by atoms with E-state index >= 15 is 0 Å². The molecular formula is C17H22INO5. The lowest BCUT2D eigenvalue weighted by molar-refractivity contribution is -0.144. The van der Waals surface area contributed by atoms with Crippen LogP contribution in [-0.4, -0.2) is 36.1 Å². The number of halogens is 1. The van der Waals surface area contributed by atoms with Gasteiger partial charge in [-0.25, -0.2) is 0 Å². The molecule has 6 nitrogen and oxygen atoms in total. The highest BCUT2D eigenvalue weighted by Gasteiger charge is 2.06. The van der Waals surface area contributed by atoms with Gasteiger partial charge in [0, 0.05) is 22.8 Å². The first-order valence-electron chi connectivity index (χ1n) is 7.86. The molecule has 0 fully saturated rings. The number of aryl methyl sites for hydroxylation is 1. The monoisotopic (exact) mass is 447 g/mol. The average Bonchev–Trinajstić information content (AvgIpc) is 2.53. The summed E-state index contributed by atoms with van der Waals surface area (Å²) >= 11 is 2.25. The lowest BCUT2D eigenvalue weighted by atomic mass is 10.1. The molecule has 0 unspecified atom stereocenters. The maximum Gasteiger partial charge on any atom is 0.305 e. The second kappa shape index (κ2) is 11.8. The second-order valence-electron chi connectivity index (χ2n) is 5.30. The Balaban J connectivity index is 2.02. The summed E-state index contributed by atoms with van der Waals surface area (Å²) in [4.78, 5) is 33.3. The first kappa shape index (κ1) is 20.4. The van der Waals surface area contributed by atoms with Crippen LogP contribution in [0.2, 0.25) is 0 Å². The van der Waals surface area contributed by atoms with Gasteiger partial charge in [-0.1, -0.05) is 12.1 Å². The molecule has 1 amide bonds. The molecule has 24 heavy (non-hydrogen) atoms. The van der Waals surface area contributed by atoms with E-state index in [4.69, 9.17) is 9.84 Å². The van der Waals surface area contributed by atoms with Crippen molar-refractivity contribution < 1.29 is 24.2 Å². The van der Waals surface area contributed by atoms with Crippen LogP contribution < -0.4 is 5.32 Å². The second-order valence-corrected chi connectivity index (χ2v) is 6.54. The molecule has 0 saturated carbocycles. The predicted octanol–water partition coefficient (Wildman–Crippen LogP) is 2.53. The van der Waals surface area contributed by atoms with Crippen LogP contribution in [0.5, 0.6) is 0 Å². The summed E-state index contributed by atoms with van der Waals surface area (Å²) in [6, 6.07) is 8.20. The molecule has 0 heterocycles. The molecule has 0 aliphatic carbocycles. The lowest BCUT2D eigenvalue weighted by Crippen LogP contribution is -2.27. The normalized spacial score (nSPS) is 10.2. The van der Waals surface area contributed by atoms with Crippen molar-refractivity contribution in [1.82, 2.24) is 5.32 Å². The maximum absolute atomic E-state index is 11.7. The molecule has 0 bridgehead atoms. The SMILES string of the molecule is O=C(O)CCCC(=O)OCCNC(=O)CCCc1ccc(I)cc1. The summed E-state index contributed by atoms with van der Waals surface area (Å²) in [6.07, 6.45) is 2.34. The van der Waals surface area contributed by atoms with Crippen LogP contribution >= 0.6 is 22.6 Å². The number of carboxylic acid groups (broad SMARTS) is 1. The molecule has 2 N–H and O–H groups in total. The summed E-state index contributed by atoms with van der Waals surface area (Å²) in [7, 11) is 0. The molecule has 0 aromatic heterocycles. The summed E-state index contributed by atoms with van der Waals surface area (Å²) < 4.78 is 6.10. The fourth-order valence-corrected chi connectivity index (χ4v) is 2.36. The zero-order valence-electron chi connectivity index (χ0n) is 13.4. The van der Waals surface area contributed by atoms with E-state index in [-0.39, 0.29) is 38.3 Å². The highest BCUT2D eigenvalue weighted by Crippen LogP contribution is 2.09. The molecule has 132 valence electrons. The number of carbonyl (C=O) groups is 3. The number of rotatable bonds is 11. The van der Waals surface area contributed by atoms with Crippen LogP contribution in [-0.2, 0) is 25.5 Å². The highest BCUT2D eigenvalue weighted by atomic mass is 127. The Kier molecular flexibility index (Phi) is 10.1. The minimum Gasteiger partial charge on any atom is -0.481 e. The molecule has 0 aliphatic rings. The van der Waals surface area contributed by atoms with Crippen molar-refractivity contribution in [2.24, 2.45) is 0 Å². The number of amides is 1. The minimum absolute atomic E-state index is 0.0492. The Morgan fingerprint density at radius 2 is 1.75 bits per heavy atom. The molecule has 1 aromatic rings. The Hall–Kier alpha value is -1.64. The van der Waals surface area contributed by atoms with Crippen LogP contribution in [0.25, 0.3) is 0 Å². The molecule has 7 heteroatoms. The average molecular weight is 447 g/mol. The number of carboxylic acids is 1. The van der Waals surface area contributed by atoms with Crippen LogP contribution in [0.3, 0.4) is 0 Å². The topological polar surface area (TPSA) is 92.7 Å². The largest absolute Gasteiger partial charge is 0.481 e. The number of aliphatic carboxylic acids is 1. The van der Waals surface area contributed by atoms with Crippen LogP contribution in [0.1, 0.15) is 37.7 Å². The van der Waals surface area contributed by atoms with Crippen LogP contribution in [0.4, 0.5) is 0 Å². The maximum atomic E-state index is 11.7. The van der Waals surface area contributed by atoms with Gasteiger partial charge in [0.15, 0.2) is 0 Å². The fourth-order valence-electron chi connectivity index (χ4n) is 2.00. The van der Waals surface area contributed by atoms with Gasteiger partial charge in [-0.2, -0.15) is 0 Å². The first-order chi connectivity index (χ1) is 11.5. The Morgan fingerprint density at radius 1 is 1.04 bits per heavy atom. The van der Waals surface area contributed by atoms with Crippen molar-refractivity contribution in [3.8, 4) is 0 Å². The standard InChI is InChI=1S/C17H22INO5/c18-14-9-7-13(8-10-14)3-1-4-15(20)19-11-12-24-17(23)6-2-5-16(21)22/h7-10H,1-6,11-12H2,(H,19,20)(H,21,22). The quantitative estimate of drug-likeness (QED) is 0.309. The molecule has 0 radical (unpaired) electrons. The van der Waals surface area contributed by atoms with Crippen LogP contribution in [0, 0.1) is 3.57 Å². The fraction of sp³-hybridized carbons (Fsp3) is 0.471. The first-order valence-corrected chi connectivity index (χ1v) is 8.94. The van der Waals surface area contributed by atoms with E-state index in [1.54, 1.807) is 0 Å². The number of hydrogen-bond acceptors (Lipinski definition) is 4. The van der Waals surface area contributed by atoms with E-state index in [1.807, 2.05) is 12.1 Å². The number of ether oxygens (including phenoxy) is 1. The van der Waals surface area contributed by atoms with E-state index in [9.17, 15) is 14.4 Å². The smallest absolute Gasteiger partial charge is 0.305 e. The van der Waals surface area contributed by atoms with Gasteiger partial charge in [0.25, 0.3) is 0 Å². The van der Waals surface area contributed by atoms with Crippen molar-refractivity contribution in [3.05, 3.63) is 33.4 Å². The lowest BCUT2D eigenvalue weighted by Gasteiger charge is -2.07. The number of carbonyl (C=O) groups excluding carboxylic acids is 2. The van der Waals surface area contributed by atoms with Gasteiger partial charge in [-0.15, -0.1) is 0 Å². The number of nitrogens with one attached hydrogen (secondary N) is 1. The van der Waals surface area contributed by atoms with Gasteiger partial charge in [-0.3, -0.25) is 14.4 Å². The summed E-state index contributed by atoms with van der Waals surface area (Å²) in [5, 5.41) is 11.2. The summed E-state index contributed by atoms with van der Waals surface area (Å²) in [5.74, 6) is -1.44. The van der Waals surface area contributed by atoms with Crippen molar-refractivity contribution in [2.75, 3.05) is 13.2 Å². The summed E-state index contributed by atoms with van der Waals surface area (Å²) in [6.45, 7) is 0.377. The molecule has 1 rings (SSSR count). The van der Waals surface area contributed by atoms with E-state index in [2.05, 4.69) is 40.0 Å². The van der Waals surface area contributed by atoms with Gasteiger partial charge < -0.3 is 15.2 Å². The zero-order valence-corrected chi connectivity index (χ0v) is 15.6. The third kappa shape index (κ3) is 10.2. The van der Waals surface area contributed by atoms with Crippen molar-refractivity contribution in [1.29, 1.82) is 0 Å².